The van der Waals surface area contributed by atoms with Crippen molar-refractivity contribution in [2.75, 3.05) is 6.54 Å². The van der Waals surface area contributed by atoms with Gasteiger partial charge in [-0.05, 0) is 56.7 Å². The highest BCUT2D eigenvalue weighted by molar-refractivity contribution is 6.31. The molecule has 0 radical (unpaired) electrons. The van der Waals surface area contributed by atoms with E-state index in [-0.39, 0.29) is 5.91 Å². The lowest BCUT2D eigenvalue weighted by Crippen LogP contribution is -2.44. The number of benzene rings is 1. The van der Waals surface area contributed by atoms with Gasteiger partial charge in [-0.3, -0.25) is 4.79 Å². The van der Waals surface area contributed by atoms with Crippen LogP contribution in [0.1, 0.15) is 54.9 Å². The third-order valence-electron chi connectivity index (χ3n) is 4.41. The molecule has 1 aliphatic rings. The van der Waals surface area contributed by atoms with Crippen molar-refractivity contribution in [2.24, 2.45) is 5.73 Å². The van der Waals surface area contributed by atoms with Crippen molar-refractivity contribution in [3.8, 4) is 0 Å². The Bertz CT molecular complexity index is 496. The number of nitrogens with zero attached hydrogens (tertiary/aromatic N) is 1. The molecule has 1 saturated carbocycles. The molecule has 21 heavy (non-hydrogen) atoms. The summed E-state index contributed by atoms with van der Waals surface area (Å²) in [6, 6.07) is 6.17. The van der Waals surface area contributed by atoms with Crippen molar-refractivity contribution in [1.29, 1.82) is 0 Å². The van der Waals surface area contributed by atoms with Gasteiger partial charge in [0.1, 0.15) is 0 Å². The molecule has 0 spiro atoms. The predicted octanol–water partition coefficient (Wildman–Crippen LogP) is 3.77. The fourth-order valence-corrected chi connectivity index (χ4v) is 3.27. The van der Waals surface area contributed by atoms with Crippen LogP contribution in [0.4, 0.5) is 0 Å². The predicted molar refractivity (Wildman–Crippen MR) is 87.7 cm³/mol. The second-order valence-electron chi connectivity index (χ2n) is 5.98. The molecule has 0 aromatic heterocycles. The zero-order valence-corrected chi connectivity index (χ0v) is 13.7. The van der Waals surface area contributed by atoms with E-state index in [4.69, 9.17) is 17.3 Å². The van der Waals surface area contributed by atoms with Crippen LogP contribution in [0.5, 0.6) is 0 Å². The molecule has 1 aromatic carbocycles. The molecule has 0 saturated heterocycles. The number of amides is 1. The van der Waals surface area contributed by atoms with E-state index in [0.29, 0.717) is 17.1 Å². The normalized spacial score (nSPS) is 22.1. The van der Waals surface area contributed by atoms with Gasteiger partial charge in [-0.2, -0.15) is 0 Å². The third-order valence-corrected chi connectivity index (χ3v) is 4.82. The van der Waals surface area contributed by atoms with Crippen molar-refractivity contribution >= 4 is 17.5 Å². The fourth-order valence-electron chi connectivity index (χ4n) is 3.10. The van der Waals surface area contributed by atoms with Gasteiger partial charge in [-0.15, -0.1) is 0 Å². The first kappa shape index (κ1) is 16.3. The van der Waals surface area contributed by atoms with Gasteiger partial charge in [0.05, 0.1) is 0 Å². The van der Waals surface area contributed by atoms with E-state index in [9.17, 15) is 4.79 Å². The van der Waals surface area contributed by atoms with E-state index in [1.807, 2.05) is 30.0 Å². The lowest BCUT2D eigenvalue weighted by Gasteiger charge is -2.36. The van der Waals surface area contributed by atoms with Crippen LogP contribution >= 0.6 is 11.6 Å². The first-order valence-corrected chi connectivity index (χ1v) is 8.24. The maximum Gasteiger partial charge on any atom is 0.254 e. The van der Waals surface area contributed by atoms with E-state index in [2.05, 4.69) is 6.92 Å². The SMILES string of the molecule is CCCN(C(=O)c1cccc(Cl)c1C)C1CCC(N)CC1. The minimum absolute atomic E-state index is 0.109. The van der Waals surface area contributed by atoms with Crippen LogP contribution in [0.15, 0.2) is 18.2 Å². The first-order chi connectivity index (χ1) is 10.0. The number of hydrogen-bond acceptors (Lipinski definition) is 2. The molecule has 0 unspecified atom stereocenters. The second-order valence-corrected chi connectivity index (χ2v) is 6.39. The summed E-state index contributed by atoms with van der Waals surface area (Å²) in [6.07, 6.45) is 4.99. The van der Waals surface area contributed by atoms with Gasteiger partial charge in [0, 0.05) is 29.2 Å². The number of hydrogen-bond donors (Lipinski definition) is 1. The van der Waals surface area contributed by atoms with Gasteiger partial charge >= 0.3 is 0 Å². The number of rotatable bonds is 4. The summed E-state index contributed by atoms with van der Waals surface area (Å²) in [5.41, 5.74) is 7.58. The van der Waals surface area contributed by atoms with Crippen LogP contribution in [0, 0.1) is 6.92 Å². The van der Waals surface area contributed by atoms with E-state index in [0.717, 1.165) is 49.8 Å². The summed E-state index contributed by atoms with van der Waals surface area (Å²) in [5, 5.41) is 0.656. The third kappa shape index (κ3) is 3.78. The Hall–Kier alpha value is -1.06. The molecule has 4 heteroatoms. The van der Waals surface area contributed by atoms with Gasteiger partial charge < -0.3 is 10.6 Å². The van der Waals surface area contributed by atoms with E-state index < -0.39 is 0 Å². The van der Waals surface area contributed by atoms with E-state index in [1.54, 1.807) is 0 Å². The monoisotopic (exact) mass is 308 g/mol. The lowest BCUT2D eigenvalue weighted by molar-refractivity contribution is 0.0626. The number of nitrogens with two attached hydrogens (primary N) is 1. The molecule has 0 heterocycles. The van der Waals surface area contributed by atoms with Crippen molar-refractivity contribution in [3.05, 3.63) is 34.3 Å². The molecule has 0 bridgehead atoms. The standard InChI is InChI=1S/C17H25ClN2O/c1-3-11-20(14-9-7-13(19)8-10-14)17(21)15-5-4-6-16(18)12(15)2/h4-6,13-14H,3,7-11,19H2,1-2H3. The fraction of sp³-hybridized carbons (Fsp3) is 0.588. The van der Waals surface area contributed by atoms with Crippen LogP contribution in [0.3, 0.4) is 0 Å². The summed E-state index contributed by atoms with van der Waals surface area (Å²) in [6.45, 7) is 4.82. The zero-order valence-electron chi connectivity index (χ0n) is 12.9. The smallest absolute Gasteiger partial charge is 0.254 e. The van der Waals surface area contributed by atoms with Crippen LogP contribution < -0.4 is 5.73 Å². The quantitative estimate of drug-likeness (QED) is 0.920. The highest BCUT2D eigenvalue weighted by Crippen LogP contribution is 2.26. The minimum Gasteiger partial charge on any atom is -0.336 e. The van der Waals surface area contributed by atoms with Crippen molar-refractivity contribution in [3.63, 3.8) is 0 Å². The molecular formula is C17H25ClN2O. The average Bonchev–Trinajstić information content (AvgIpc) is 2.48. The largest absolute Gasteiger partial charge is 0.336 e. The Labute approximate surface area is 132 Å². The highest BCUT2D eigenvalue weighted by atomic mass is 35.5. The average molecular weight is 309 g/mol. The molecule has 2 N–H and O–H groups in total. The summed E-state index contributed by atoms with van der Waals surface area (Å²) in [7, 11) is 0. The molecule has 1 aromatic rings. The summed E-state index contributed by atoms with van der Waals surface area (Å²) < 4.78 is 0. The van der Waals surface area contributed by atoms with E-state index >= 15 is 0 Å². The van der Waals surface area contributed by atoms with Crippen molar-refractivity contribution < 1.29 is 4.79 Å². The molecule has 0 atom stereocenters. The summed E-state index contributed by atoms with van der Waals surface area (Å²) in [5.74, 6) is 0.109. The van der Waals surface area contributed by atoms with Gasteiger partial charge in [-0.25, -0.2) is 0 Å². The summed E-state index contributed by atoms with van der Waals surface area (Å²) in [4.78, 5) is 15.0. The van der Waals surface area contributed by atoms with Crippen molar-refractivity contribution in [1.82, 2.24) is 4.90 Å². The molecule has 1 amide bonds. The van der Waals surface area contributed by atoms with Crippen LogP contribution in [0.2, 0.25) is 5.02 Å². The Kier molecular flexibility index (Phi) is 5.65. The van der Waals surface area contributed by atoms with Crippen LogP contribution in [-0.2, 0) is 0 Å². The van der Waals surface area contributed by atoms with Crippen LogP contribution in [0.25, 0.3) is 0 Å². The maximum absolute atomic E-state index is 12.9. The lowest BCUT2D eigenvalue weighted by atomic mass is 9.90. The van der Waals surface area contributed by atoms with Gasteiger partial charge in [0.25, 0.3) is 5.91 Å². The first-order valence-electron chi connectivity index (χ1n) is 7.86. The molecule has 1 aliphatic carbocycles. The number of carbonyl (C=O) groups is 1. The topological polar surface area (TPSA) is 46.3 Å². The zero-order chi connectivity index (χ0) is 15.4. The molecule has 0 aliphatic heterocycles. The maximum atomic E-state index is 12.9. The van der Waals surface area contributed by atoms with E-state index in [1.165, 1.54) is 0 Å². The summed E-state index contributed by atoms with van der Waals surface area (Å²) >= 11 is 6.16. The highest BCUT2D eigenvalue weighted by Gasteiger charge is 2.28. The number of carbonyl (C=O) groups excluding carboxylic acids is 1. The molecular weight excluding hydrogens is 284 g/mol. The molecule has 3 nitrogen and oxygen atoms in total. The molecule has 2 rings (SSSR count). The second kappa shape index (κ2) is 7.28. The Morgan fingerprint density at radius 3 is 2.62 bits per heavy atom. The van der Waals surface area contributed by atoms with Gasteiger partial charge in [-0.1, -0.05) is 24.6 Å². The van der Waals surface area contributed by atoms with Gasteiger partial charge in [0.15, 0.2) is 0 Å². The van der Waals surface area contributed by atoms with Crippen LogP contribution in [-0.4, -0.2) is 29.4 Å². The Morgan fingerprint density at radius 1 is 1.33 bits per heavy atom. The van der Waals surface area contributed by atoms with Gasteiger partial charge in [0.2, 0.25) is 0 Å². The number of halogens is 1. The van der Waals surface area contributed by atoms with Crippen molar-refractivity contribution in [2.45, 2.75) is 58.0 Å². The molecule has 116 valence electrons. The Balaban J connectivity index is 2.21. The Morgan fingerprint density at radius 2 is 2.00 bits per heavy atom. The molecule has 1 fully saturated rings. The minimum atomic E-state index is 0.109.